The molecule has 2 heterocycles. The van der Waals surface area contributed by atoms with Crippen molar-refractivity contribution in [1.82, 2.24) is 10.6 Å². The van der Waals surface area contributed by atoms with Crippen LogP contribution in [0.5, 0.6) is 0 Å². The predicted octanol–water partition coefficient (Wildman–Crippen LogP) is 3.37. The van der Waals surface area contributed by atoms with E-state index in [9.17, 15) is 4.79 Å². The van der Waals surface area contributed by atoms with Crippen molar-refractivity contribution >= 4 is 29.7 Å². The number of carbonyl (C=O) groups excluding carboxylic acids is 1. The third-order valence-electron chi connectivity index (χ3n) is 4.04. The van der Waals surface area contributed by atoms with E-state index in [0.29, 0.717) is 18.3 Å². The maximum Gasteiger partial charge on any atom is 0.220 e. The maximum absolute atomic E-state index is 12.1. The third kappa shape index (κ3) is 5.08. The van der Waals surface area contributed by atoms with E-state index in [1.165, 1.54) is 17.7 Å². The number of hydrogen-bond donors (Lipinski definition) is 2. The van der Waals surface area contributed by atoms with Crippen LogP contribution in [0.15, 0.2) is 17.5 Å². The van der Waals surface area contributed by atoms with Gasteiger partial charge in [0, 0.05) is 11.3 Å². The Balaban J connectivity index is 0.00000200. The van der Waals surface area contributed by atoms with Gasteiger partial charge in [0.1, 0.15) is 0 Å². The van der Waals surface area contributed by atoms with Crippen LogP contribution >= 0.6 is 23.7 Å². The van der Waals surface area contributed by atoms with Gasteiger partial charge in [0.15, 0.2) is 0 Å². The van der Waals surface area contributed by atoms with E-state index in [1.807, 2.05) is 6.07 Å². The average Bonchev–Trinajstić information content (AvgIpc) is 2.93. The van der Waals surface area contributed by atoms with Crippen molar-refractivity contribution in [3.05, 3.63) is 22.4 Å². The van der Waals surface area contributed by atoms with Gasteiger partial charge in [-0.25, -0.2) is 0 Å². The highest BCUT2D eigenvalue weighted by molar-refractivity contribution is 7.10. The summed E-state index contributed by atoms with van der Waals surface area (Å²) in [5.74, 6) is 1.37. The Bertz CT molecular complexity index is 391. The molecule has 1 fully saturated rings. The molecule has 5 heteroatoms. The summed E-state index contributed by atoms with van der Waals surface area (Å²) in [5, 5.41) is 8.53. The Morgan fingerprint density at radius 2 is 2.15 bits per heavy atom. The molecule has 2 unspecified atom stereocenters. The molecule has 20 heavy (non-hydrogen) atoms. The topological polar surface area (TPSA) is 41.1 Å². The molecule has 0 aromatic carbocycles. The summed E-state index contributed by atoms with van der Waals surface area (Å²) in [7, 11) is 0. The number of nitrogens with one attached hydrogen (secondary N) is 2. The normalized spacial score (nSPS) is 18.9. The Kier molecular flexibility index (Phi) is 7.56. The van der Waals surface area contributed by atoms with Gasteiger partial charge >= 0.3 is 0 Å². The van der Waals surface area contributed by atoms with Gasteiger partial charge in [0.2, 0.25) is 5.91 Å². The average molecular weight is 317 g/mol. The smallest absolute Gasteiger partial charge is 0.220 e. The zero-order chi connectivity index (χ0) is 13.7. The second-order valence-electron chi connectivity index (χ2n) is 5.57. The molecule has 1 aliphatic rings. The summed E-state index contributed by atoms with van der Waals surface area (Å²) in [6.45, 7) is 6.47. The molecule has 3 nitrogen and oxygen atoms in total. The molecule has 1 aromatic rings. The highest BCUT2D eigenvalue weighted by Gasteiger charge is 2.22. The van der Waals surface area contributed by atoms with E-state index in [0.717, 1.165) is 13.1 Å². The van der Waals surface area contributed by atoms with E-state index in [1.54, 1.807) is 11.3 Å². The van der Waals surface area contributed by atoms with Crippen LogP contribution in [0.2, 0.25) is 0 Å². The van der Waals surface area contributed by atoms with Crippen molar-refractivity contribution in [2.75, 3.05) is 13.1 Å². The van der Waals surface area contributed by atoms with Crippen LogP contribution in [0.1, 0.15) is 44.0 Å². The van der Waals surface area contributed by atoms with Crippen molar-refractivity contribution in [2.24, 2.45) is 11.8 Å². The Morgan fingerprint density at radius 3 is 2.75 bits per heavy atom. The predicted molar refractivity (Wildman–Crippen MR) is 87.5 cm³/mol. The molecule has 2 rings (SSSR count). The van der Waals surface area contributed by atoms with E-state index >= 15 is 0 Å². The monoisotopic (exact) mass is 316 g/mol. The molecular formula is C15H25ClN2OS. The lowest BCUT2D eigenvalue weighted by Crippen LogP contribution is -2.34. The maximum atomic E-state index is 12.1. The van der Waals surface area contributed by atoms with Crippen LogP contribution in [-0.2, 0) is 4.79 Å². The molecule has 0 bridgehead atoms. The molecule has 1 aliphatic heterocycles. The van der Waals surface area contributed by atoms with Crippen molar-refractivity contribution in [2.45, 2.75) is 39.2 Å². The molecule has 114 valence electrons. The molecule has 0 saturated carbocycles. The number of halogens is 1. The zero-order valence-electron chi connectivity index (χ0n) is 12.2. The minimum atomic E-state index is 0. The Labute approximate surface area is 131 Å². The Morgan fingerprint density at radius 1 is 1.45 bits per heavy atom. The molecule has 0 aliphatic carbocycles. The van der Waals surface area contributed by atoms with Crippen molar-refractivity contribution in [3.63, 3.8) is 0 Å². The quantitative estimate of drug-likeness (QED) is 0.874. The van der Waals surface area contributed by atoms with Gasteiger partial charge < -0.3 is 10.6 Å². The van der Waals surface area contributed by atoms with Crippen LogP contribution in [0.3, 0.4) is 0 Å². The van der Waals surface area contributed by atoms with Crippen LogP contribution < -0.4 is 10.6 Å². The molecule has 0 spiro atoms. The lowest BCUT2D eigenvalue weighted by Gasteiger charge is -2.28. The zero-order valence-corrected chi connectivity index (χ0v) is 13.9. The van der Waals surface area contributed by atoms with E-state index in [4.69, 9.17) is 0 Å². The fourth-order valence-electron chi connectivity index (χ4n) is 2.78. The number of piperidine rings is 1. The standard InChI is InChI=1S/C15H24N2OS.ClH/c1-11(13-5-7-16-8-6-13)10-15(18)17-12(2)14-4-3-9-19-14;/h3-4,9,11-13,16H,5-8,10H2,1-2H3,(H,17,18);1H. The van der Waals surface area contributed by atoms with Crippen LogP contribution in [0.25, 0.3) is 0 Å². The number of rotatable bonds is 5. The lowest BCUT2D eigenvalue weighted by atomic mass is 9.84. The molecule has 1 amide bonds. The highest BCUT2D eigenvalue weighted by Crippen LogP contribution is 2.25. The summed E-state index contributed by atoms with van der Waals surface area (Å²) in [6.07, 6.45) is 3.06. The van der Waals surface area contributed by atoms with Gasteiger partial charge in [0.25, 0.3) is 0 Å². The summed E-state index contributed by atoms with van der Waals surface area (Å²) >= 11 is 1.70. The minimum absolute atomic E-state index is 0. The first kappa shape index (κ1) is 17.5. The number of thiophene rings is 1. The van der Waals surface area contributed by atoms with Crippen LogP contribution in [0, 0.1) is 11.8 Å². The summed E-state index contributed by atoms with van der Waals surface area (Å²) < 4.78 is 0. The van der Waals surface area contributed by atoms with Gasteiger partial charge in [0.05, 0.1) is 6.04 Å². The van der Waals surface area contributed by atoms with Crippen molar-refractivity contribution < 1.29 is 4.79 Å². The van der Waals surface area contributed by atoms with E-state index < -0.39 is 0 Å². The summed E-state index contributed by atoms with van der Waals surface area (Å²) in [5.41, 5.74) is 0. The first-order valence-corrected chi connectivity index (χ1v) is 8.08. The third-order valence-corrected chi connectivity index (χ3v) is 5.10. The number of carbonyl (C=O) groups is 1. The minimum Gasteiger partial charge on any atom is -0.349 e. The molecule has 2 atom stereocenters. The number of amides is 1. The van der Waals surface area contributed by atoms with Gasteiger partial charge in [-0.1, -0.05) is 13.0 Å². The van der Waals surface area contributed by atoms with Crippen LogP contribution in [0.4, 0.5) is 0 Å². The first-order valence-electron chi connectivity index (χ1n) is 7.20. The van der Waals surface area contributed by atoms with Gasteiger partial charge in [-0.3, -0.25) is 4.79 Å². The van der Waals surface area contributed by atoms with Crippen molar-refractivity contribution in [3.8, 4) is 0 Å². The van der Waals surface area contributed by atoms with E-state index in [-0.39, 0.29) is 24.4 Å². The SMILES string of the molecule is CC(NC(=O)CC(C)C1CCNCC1)c1cccs1.Cl. The second kappa shape index (κ2) is 8.65. The highest BCUT2D eigenvalue weighted by atomic mass is 35.5. The molecule has 2 N–H and O–H groups in total. The van der Waals surface area contributed by atoms with Gasteiger partial charge in [-0.05, 0) is 56.1 Å². The first-order chi connectivity index (χ1) is 9.16. The van der Waals surface area contributed by atoms with Crippen molar-refractivity contribution in [1.29, 1.82) is 0 Å². The molecular weight excluding hydrogens is 292 g/mol. The summed E-state index contributed by atoms with van der Waals surface area (Å²) in [6, 6.07) is 4.24. The molecule has 0 radical (unpaired) electrons. The van der Waals surface area contributed by atoms with Crippen LogP contribution in [-0.4, -0.2) is 19.0 Å². The fraction of sp³-hybridized carbons (Fsp3) is 0.667. The molecule has 1 saturated heterocycles. The molecule has 1 aromatic heterocycles. The fourth-order valence-corrected chi connectivity index (χ4v) is 3.52. The summed E-state index contributed by atoms with van der Waals surface area (Å²) in [4.78, 5) is 13.3. The van der Waals surface area contributed by atoms with E-state index in [2.05, 4.69) is 35.9 Å². The largest absolute Gasteiger partial charge is 0.349 e. The Hall–Kier alpha value is -0.580. The van der Waals surface area contributed by atoms with Gasteiger partial charge in [-0.2, -0.15) is 0 Å². The lowest BCUT2D eigenvalue weighted by molar-refractivity contribution is -0.123. The second-order valence-corrected chi connectivity index (χ2v) is 6.55. The number of hydrogen-bond acceptors (Lipinski definition) is 3. The van der Waals surface area contributed by atoms with Gasteiger partial charge in [-0.15, -0.1) is 23.7 Å².